The Morgan fingerprint density at radius 2 is 0.918 bits per heavy atom. The summed E-state index contributed by atoms with van der Waals surface area (Å²) >= 11 is 0. The second-order valence-corrected chi connectivity index (χ2v) is 12.1. The van der Waals surface area contributed by atoms with E-state index in [9.17, 15) is 19.2 Å². The molecular formula is C38H40N4O7. The van der Waals surface area contributed by atoms with E-state index in [1.807, 2.05) is 72.8 Å². The molecule has 4 aromatic rings. The van der Waals surface area contributed by atoms with Crippen LogP contribution < -0.4 is 26.3 Å². The van der Waals surface area contributed by atoms with Crippen molar-refractivity contribution in [1.29, 1.82) is 0 Å². The van der Waals surface area contributed by atoms with Gasteiger partial charge in [0, 0.05) is 23.2 Å². The minimum atomic E-state index is -0.450. The lowest BCUT2D eigenvalue weighted by molar-refractivity contribution is -0.134. The van der Waals surface area contributed by atoms with Gasteiger partial charge in [0.25, 0.3) is 11.8 Å². The molecule has 0 radical (unpaired) electrons. The Hall–Kier alpha value is -5.52. The first-order chi connectivity index (χ1) is 23.9. The summed E-state index contributed by atoms with van der Waals surface area (Å²) in [6.07, 6.45) is 4.49. The van der Waals surface area contributed by atoms with Gasteiger partial charge in [-0.2, -0.15) is 0 Å². The van der Waals surface area contributed by atoms with E-state index in [-0.39, 0.29) is 29.8 Å². The molecule has 2 saturated carbocycles. The van der Waals surface area contributed by atoms with E-state index in [0.29, 0.717) is 29.7 Å². The fourth-order valence-electron chi connectivity index (χ4n) is 6.31. The molecule has 0 aliphatic heterocycles. The van der Waals surface area contributed by atoms with Gasteiger partial charge in [0.2, 0.25) is 11.8 Å². The highest BCUT2D eigenvalue weighted by Crippen LogP contribution is 2.28. The lowest BCUT2D eigenvalue weighted by Crippen LogP contribution is -2.43. The standard InChI is InChI=1S/C19H20N2O4.C19H20N2O3/c22-18(20-17-8-4-7-16(17)19(23)21-24)13-9-11-15(12-10-13)25-14-5-2-1-3-6-14;22-18(20-17-8-4-7-16(17)19(23)21-24)15-11-9-14(10-12-15)13-5-2-1-3-6-13/h1-3,5-6,9-12,16-17,24H,4,7-8H2,(H,20,22)(H,21,23);1-3,5-6,9-12,16-17,24H,4,7-8H2,(H,20,22)(H,21,23)/t2*16-,17+/m00/s1. The molecule has 4 atom stereocenters. The average molecular weight is 665 g/mol. The SMILES string of the molecule is O=C(N[C@@H]1CCC[C@@H]1C(=O)NO)c1ccc(-c2ccccc2)cc1.O=C(N[C@@H]1CCC[C@@H]1C(=O)NO)c1ccc(Oc2ccccc2)cc1. The number of carbonyl (C=O) groups excluding carboxylic acids is 4. The summed E-state index contributed by atoms with van der Waals surface area (Å²) in [4.78, 5) is 48.0. The molecule has 0 bridgehead atoms. The predicted molar refractivity (Wildman–Crippen MR) is 182 cm³/mol. The zero-order valence-corrected chi connectivity index (χ0v) is 26.9. The van der Waals surface area contributed by atoms with Crippen LogP contribution in [0.3, 0.4) is 0 Å². The molecule has 6 rings (SSSR count). The average Bonchev–Trinajstić information content (AvgIpc) is 3.82. The van der Waals surface area contributed by atoms with Gasteiger partial charge in [-0.05, 0) is 85.3 Å². The van der Waals surface area contributed by atoms with Crippen LogP contribution in [0.4, 0.5) is 0 Å². The number of amides is 4. The monoisotopic (exact) mass is 664 g/mol. The van der Waals surface area contributed by atoms with Crippen molar-refractivity contribution in [2.45, 2.75) is 50.6 Å². The molecule has 0 unspecified atom stereocenters. The topological polar surface area (TPSA) is 166 Å². The first-order valence-corrected chi connectivity index (χ1v) is 16.3. The lowest BCUT2D eigenvalue weighted by atomic mass is 10.0. The van der Waals surface area contributed by atoms with Crippen molar-refractivity contribution >= 4 is 23.6 Å². The molecule has 4 aromatic carbocycles. The highest BCUT2D eigenvalue weighted by Gasteiger charge is 2.35. The number of rotatable bonds is 9. The Morgan fingerprint density at radius 1 is 0.510 bits per heavy atom. The lowest BCUT2D eigenvalue weighted by Gasteiger charge is -2.19. The molecule has 254 valence electrons. The van der Waals surface area contributed by atoms with Gasteiger partial charge in [-0.1, -0.05) is 73.5 Å². The summed E-state index contributed by atoms with van der Waals surface area (Å²) in [5.74, 6) is -0.723. The smallest absolute Gasteiger partial charge is 0.251 e. The molecule has 0 saturated heterocycles. The first kappa shape index (κ1) is 34.8. The minimum Gasteiger partial charge on any atom is -0.457 e. The molecule has 2 aliphatic carbocycles. The summed E-state index contributed by atoms with van der Waals surface area (Å²) in [5, 5.41) is 23.4. The van der Waals surface area contributed by atoms with Crippen molar-refractivity contribution < 1.29 is 34.3 Å². The Kier molecular flexibility index (Phi) is 12.1. The van der Waals surface area contributed by atoms with Gasteiger partial charge >= 0.3 is 0 Å². The van der Waals surface area contributed by atoms with Crippen LogP contribution in [0.25, 0.3) is 11.1 Å². The molecule has 0 spiro atoms. The van der Waals surface area contributed by atoms with E-state index in [0.717, 1.165) is 42.6 Å². The van der Waals surface area contributed by atoms with E-state index >= 15 is 0 Å². The Labute approximate surface area is 284 Å². The van der Waals surface area contributed by atoms with E-state index in [1.54, 1.807) is 47.4 Å². The van der Waals surface area contributed by atoms with Crippen LogP contribution in [-0.2, 0) is 9.59 Å². The van der Waals surface area contributed by atoms with Gasteiger partial charge in [-0.3, -0.25) is 29.6 Å². The summed E-state index contributed by atoms with van der Waals surface area (Å²) < 4.78 is 5.70. The van der Waals surface area contributed by atoms with Crippen LogP contribution in [0.15, 0.2) is 109 Å². The highest BCUT2D eigenvalue weighted by atomic mass is 16.5. The summed E-state index contributed by atoms with van der Waals surface area (Å²) in [6.45, 7) is 0. The van der Waals surface area contributed by atoms with E-state index in [2.05, 4.69) is 10.6 Å². The van der Waals surface area contributed by atoms with Crippen LogP contribution in [0.2, 0.25) is 0 Å². The molecule has 2 aliphatic rings. The van der Waals surface area contributed by atoms with E-state index in [1.165, 1.54) is 0 Å². The number of hydroxylamine groups is 2. The third-order valence-electron chi connectivity index (χ3n) is 8.91. The number of carbonyl (C=O) groups is 4. The second-order valence-electron chi connectivity index (χ2n) is 12.1. The zero-order valence-electron chi connectivity index (χ0n) is 26.9. The normalized spacial score (nSPS) is 19.5. The Balaban J connectivity index is 0.000000191. The minimum absolute atomic E-state index is 0.197. The number of hydrogen-bond donors (Lipinski definition) is 6. The van der Waals surface area contributed by atoms with Crippen molar-refractivity contribution in [3.05, 3.63) is 120 Å². The van der Waals surface area contributed by atoms with Crippen LogP contribution in [0, 0.1) is 11.8 Å². The third kappa shape index (κ3) is 9.31. The van der Waals surface area contributed by atoms with Gasteiger partial charge in [-0.25, -0.2) is 11.0 Å². The number of hydrogen-bond acceptors (Lipinski definition) is 7. The van der Waals surface area contributed by atoms with E-state index in [4.69, 9.17) is 15.2 Å². The predicted octanol–water partition coefficient (Wildman–Crippen LogP) is 5.64. The van der Waals surface area contributed by atoms with Crippen molar-refractivity contribution in [2.24, 2.45) is 11.8 Å². The third-order valence-corrected chi connectivity index (χ3v) is 8.91. The number of nitrogens with one attached hydrogen (secondary N) is 4. The highest BCUT2D eigenvalue weighted by molar-refractivity contribution is 5.96. The van der Waals surface area contributed by atoms with Crippen LogP contribution in [-0.4, -0.2) is 46.1 Å². The van der Waals surface area contributed by atoms with Crippen molar-refractivity contribution in [3.63, 3.8) is 0 Å². The fourth-order valence-corrected chi connectivity index (χ4v) is 6.31. The number of ether oxygens (including phenoxy) is 1. The molecule has 11 nitrogen and oxygen atoms in total. The van der Waals surface area contributed by atoms with Gasteiger partial charge in [0.15, 0.2) is 0 Å². The van der Waals surface area contributed by atoms with Gasteiger partial charge < -0.3 is 15.4 Å². The molecule has 0 heterocycles. The molecule has 0 aromatic heterocycles. The molecule has 11 heteroatoms. The van der Waals surface area contributed by atoms with Crippen LogP contribution >= 0.6 is 0 Å². The maximum Gasteiger partial charge on any atom is 0.251 e. The molecular weight excluding hydrogens is 624 g/mol. The quantitative estimate of drug-likeness (QED) is 0.0995. The van der Waals surface area contributed by atoms with E-state index < -0.39 is 17.7 Å². The molecule has 6 N–H and O–H groups in total. The Morgan fingerprint density at radius 3 is 1.39 bits per heavy atom. The second kappa shape index (κ2) is 17.0. The summed E-state index contributed by atoms with van der Waals surface area (Å²) in [7, 11) is 0. The summed E-state index contributed by atoms with van der Waals surface area (Å²) in [6, 6.07) is 33.1. The Bertz CT molecular complexity index is 1700. The van der Waals surface area contributed by atoms with Crippen molar-refractivity contribution in [3.8, 4) is 22.6 Å². The van der Waals surface area contributed by atoms with Crippen molar-refractivity contribution in [1.82, 2.24) is 21.6 Å². The number of para-hydroxylation sites is 1. The van der Waals surface area contributed by atoms with Gasteiger partial charge in [0.05, 0.1) is 11.8 Å². The van der Waals surface area contributed by atoms with Crippen LogP contribution in [0.1, 0.15) is 59.2 Å². The fraction of sp³-hybridized carbons (Fsp3) is 0.263. The largest absolute Gasteiger partial charge is 0.457 e. The summed E-state index contributed by atoms with van der Waals surface area (Å²) in [5.41, 5.74) is 6.56. The maximum absolute atomic E-state index is 12.4. The molecule has 2 fully saturated rings. The van der Waals surface area contributed by atoms with Crippen molar-refractivity contribution in [2.75, 3.05) is 0 Å². The van der Waals surface area contributed by atoms with Gasteiger partial charge in [0.1, 0.15) is 11.5 Å². The number of benzene rings is 4. The first-order valence-electron chi connectivity index (χ1n) is 16.3. The molecule has 4 amide bonds. The zero-order chi connectivity index (χ0) is 34.6. The van der Waals surface area contributed by atoms with Gasteiger partial charge in [-0.15, -0.1) is 0 Å². The molecule has 49 heavy (non-hydrogen) atoms. The maximum atomic E-state index is 12.4. The van der Waals surface area contributed by atoms with Crippen LogP contribution in [0.5, 0.6) is 11.5 Å².